The van der Waals surface area contributed by atoms with E-state index in [9.17, 15) is 45.5 Å². The van der Waals surface area contributed by atoms with Crippen LogP contribution < -0.4 is 30.4 Å². The lowest BCUT2D eigenvalue weighted by Crippen LogP contribution is -2.31. The summed E-state index contributed by atoms with van der Waals surface area (Å²) < 4.78 is 105. The average Bonchev–Trinajstić information content (AvgIpc) is 3.93. The zero-order chi connectivity index (χ0) is 62.3. The van der Waals surface area contributed by atoms with Gasteiger partial charge in [-0.1, -0.05) is 54.6 Å². The van der Waals surface area contributed by atoms with E-state index in [0.29, 0.717) is 61.9 Å². The Bertz CT molecular complexity index is 4250. The summed E-state index contributed by atoms with van der Waals surface area (Å²) in [6.07, 6.45) is 9.09. The molecule has 5 heterocycles. The van der Waals surface area contributed by atoms with Gasteiger partial charge < -0.3 is 38.2 Å². The standard InChI is InChI=1S/C24H20F2N2O2.C23H19F2N3O2.C21H18F2N2O3/c1-16-14-28-11-10-18(13-24(28)27-16)23(29)9-6-17-12-20(7-8-22(17)26)30-15-19-4-2-3-5-21(19)25;1-15-12-26-22-11-16(8-9-28(15)22)23(29)27-13-18-10-19(6-7-21(18)25)30-14-17-4-2-3-5-20(17)24;1-25-10-4-6-17(21(25)27)20(26)24-12-15-11-16(8-9-19(15)23)28-13-14-5-2-3-7-18(14)22/h2-5,7-8,10-14H,6,9,15H2,1H3;2-12H,13-14H2,1H3,(H,27,29);2-11H,12-13H2,1H3,(H,24,26). The molecule has 0 unspecified atom stereocenters. The number of Topliss-reactive ketones (excluding diaryl/α,β-unsaturated/α-hetero) is 1. The molecule has 0 spiro atoms. The van der Waals surface area contributed by atoms with Crippen molar-refractivity contribution in [3.8, 4) is 17.2 Å². The van der Waals surface area contributed by atoms with Crippen molar-refractivity contribution in [3.63, 3.8) is 0 Å². The summed E-state index contributed by atoms with van der Waals surface area (Å²) in [4.78, 5) is 57.8. The molecule has 0 saturated heterocycles. The number of rotatable bonds is 19. The molecule has 2 amide bonds. The predicted octanol–water partition coefficient (Wildman–Crippen LogP) is 12.9. The predicted molar refractivity (Wildman–Crippen MR) is 318 cm³/mol. The molecule has 0 aliphatic rings. The molecule has 2 N–H and O–H groups in total. The van der Waals surface area contributed by atoms with Gasteiger partial charge in [-0.3, -0.25) is 19.2 Å². The fourth-order valence-corrected chi connectivity index (χ4v) is 8.96. The molecular weight excluding hydrogens is 1140 g/mol. The minimum Gasteiger partial charge on any atom is -0.489 e. The smallest absolute Gasteiger partial charge is 0.263 e. The van der Waals surface area contributed by atoms with Crippen LogP contribution in [0, 0.1) is 48.8 Å². The second-order valence-corrected chi connectivity index (χ2v) is 20.1. The fraction of sp³-hybridized carbons (Fsp3) is 0.147. The SMILES string of the molecule is Cc1cn2ccc(C(=O)CCc3cc(OCc4ccccc4F)ccc3F)cc2n1.Cc1cnc2cc(C(=O)NCc3cc(OCc4ccccc4F)ccc3F)ccn12.Cn1cccc(C(=O)NCc2cc(OCc3ccccc3F)ccc2F)c1=O. The van der Waals surface area contributed by atoms with Crippen molar-refractivity contribution < 1.29 is 54.9 Å². The molecule has 5 aromatic heterocycles. The van der Waals surface area contributed by atoms with Gasteiger partial charge in [0.2, 0.25) is 0 Å². The minimum atomic E-state index is -0.599. The van der Waals surface area contributed by atoms with Crippen LogP contribution in [0.4, 0.5) is 26.3 Å². The van der Waals surface area contributed by atoms with E-state index < -0.39 is 28.9 Å². The number of hydrogen-bond donors (Lipinski definition) is 2. The first-order valence-corrected chi connectivity index (χ1v) is 27.5. The third-order valence-electron chi connectivity index (χ3n) is 13.8. The summed E-state index contributed by atoms with van der Waals surface area (Å²) in [5, 5.41) is 5.23. The summed E-state index contributed by atoms with van der Waals surface area (Å²) >= 11 is 0. The van der Waals surface area contributed by atoms with Crippen molar-refractivity contribution in [3.05, 3.63) is 301 Å². The normalized spacial score (nSPS) is 10.8. The van der Waals surface area contributed by atoms with Crippen molar-refractivity contribution in [2.45, 2.75) is 59.6 Å². The van der Waals surface area contributed by atoms with Crippen molar-refractivity contribution >= 4 is 28.9 Å². The molecule has 0 radical (unpaired) electrons. The summed E-state index contributed by atoms with van der Waals surface area (Å²) in [7, 11) is 1.54. The molecule has 0 fully saturated rings. The number of carbonyl (C=O) groups is 3. The van der Waals surface area contributed by atoms with Crippen molar-refractivity contribution in [1.29, 1.82) is 0 Å². The fourth-order valence-electron chi connectivity index (χ4n) is 8.96. The highest BCUT2D eigenvalue weighted by Gasteiger charge is 2.16. The maximum Gasteiger partial charge on any atom is 0.263 e. The Labute approximate surface area is 501 Å². The molecule has 20 heteroatoms. The van der Waals surface area contributed by atoms with Crippen LogP contribution >= 0.6 is 0 Å². The number of nitrogens with zero attached hydrogens (tertiary/aromatic N) is 5. The molecular formula is C68H57F6N7O7. The van der Waals surface area contributed by atoms with Crippen LogP contribution in [0.15, 0.2) is 200 Å². The largest absolute Gasteiger partial charge is 0.489 e. The minimum absolute atomic E-state index is 0.00976. The average molecular weight is 1200 g/mol. The van der Waals surface area contributed by atoms with Gasteiger partial charge in [-0.25, -0.2) is 36.3 Å². The molecule has 0 saturated carbocycles. The highest BCUT2D eigenvalue weighted by molar-refractivity contribution is 5.97. The topological polar surface area (TPSA) is 160 Å². The van der Waals surface area contributed by atoms with Crippen molar-refractivity contribution in [2.24, 2.45) is 7.05 Å². The number of nitrogens with one attached hydrogen (secondary N) is 2. The van der Waals surface area contributed by atoms with E-state index in [1.54, 1.807) is 110 Å². The molecule has 0 atom stereocenters. The monoisotopic (exact) mass is 1200 g/mol. The first-order valence-electron chi connectivity index (χ1n) is 27.5. The van der Waals surface area contributed by atoms with Crippen LogP contribution in [0.3, 0.4) is 0 Å². The van der Waals surface area contributed by atoms with Gasteiger partial charge in [-0.05, 0) is 135 Å². The number of ether oxygens (including phenoxy) is 3. The number of halogens is 6. The van der Waals surface area contributed by atoms with Gasteiger partial charge in [0.15, 0.2) is 5.78 Å². The lowest BCUT2D eigenvalue weighted by atomic mass is 10.0. The summed E-state index contributed by atoms with van der Waals surface area (Å²) in [5.41, 5.74) is 5.74. The van der Waals surface area contributed by atoms with Crippen molar-refractivity contribution in [1.82, 2.24) is 34.0 Å². The van der Waals surface area contributed by atoms with E-state index in [4.69, 9.17) is 14.2 Å². The van der Waals surface area contributed by atoms with Crippen LogP contribution in [-0.2, 0) is 46.4 Å². The van der Waals surface area contributed by atoms with Crippen LogP contribution in [-0.4, -0.2) is 40.9 Å². The molecule has 6 aromatic carbocycles. The van der Waals surface area contributed by atoms with Gasteiger partial charge >= 0.3 is 0 Å². The van der Waals surface area contributed by atoms with E-state index in [-0.39, 0.29) is 91.6 Å². The third-order valence-corrected chi connectivity index (χ3v) is 13.8. The second-order valence-electron chi connectivity index (χ2n) is 20.1. The molecule has 0 aliphatic carbocycles. The second kappa shape index (κ2) is 28.9. The number of pyridine rings is 3. The maximum absolute atomic E-state index is 14.2. The first-order chi connectivity index (χ1) is 42.5. The lowest BCUT2D eigenvalue weighted by Gasteiger charge is -2.11. The molecule has 11 aromatic rings. The van der Waals surface area contributed by atoms with E-state index in [0.717, 1.165) is 11.4 Å². The number of carbonyl (C=O) groups excluding carboxylic acids is 3. The van der Waals surface area contributed by atoms with Gasteiger partial charge in [-0.15, -0.1) is 0 Å². The Kier molecular flexibility index (Phi) is 20.3. The molecule has 0 aliphatic heterocycles. The maximum atomic E-state index is 14.2. The quantitative estimate of drug-likeness (QED) is 0.0593. The molecule has 11 rings (SSSR count). The van der Waals surface area contributed by atoms with Crippen LogP contribution in [0.1, 0.15) is 82.3 Å². The number of aromatic nitrogens is 5. The Morgan fingerprint density at radius 1 is 0.500 bits per heavy atom. The van der Waals surface area contributed by atoms with Gasteiger partial charge in [0, 0.05) is 102 Å². The van der Waals surface area contributed by atoms with Crippen molar-refractivity contribution in [2.75, 3.05) is 0 Å². The number of ketones is 1. The molecule has 14 nitrogen and oxygen atoms in total. The number of fused-ring (bicyclic) bond motifs is 2. The first kappa shape index (κ1) is 61.8. The Morgan fingerprint density at radius 3 is 1.52 bits per heavy atom. The van der Waals surface area contributed by atoms with Crippen LogP contribution in [0.25, 0.3) is 11.3 Å². The number of amides is 2. The van der Waals surface area contributed by atoms with E-state index in [2.05, 4.69) is 20.6 Å². The highest BCUT2D eigenvalue weighted by atomic mass is 19.1. The van der Waals surface area contributed by atoms with E-state index in [1.807, 2.05) is 28.8 Å². The van der Waals surface area contributed by atoms with Gasteiger partial charge in [0.1, 0.15) is 88.8 Å². The molecule has 88 heavy (non-hydrogen) atoms. The Hall–Kier alpha value is -10.8. The lowest BCUT2D eigenvalue weighted by molar-refractivity contribution is 0.0941. The third kappa shape index (κ3) is 16.2. The number of aryl methyl sites for hydroxylation is 4. The Balaban J connectivity index is 0.000000157. The highest BCUT2D eigenvalue weighted by Crippen LogP contribution is 2.24. The van der Waals surface area contributed by atoms with Gasteiger partial charge in [-0.2, -0.15) is 0 Å². The van der Waals surface area contributed by atoms with Crippen LogP contribution in [0.5, 0.6) is 17.2 Å². The molecule has 448 valence electrons. The Morgan fingerprint density at radius 2 is 0.977 bits per heavy atom. The number of benzene rings is 6. The zero-order valence-electron chi connectivity index (χ0n) is 47.8. The summed E-state index contributed by atoms with van der Waals surface area (Å²) in [5.74, 6) is -2.37. The zero-order valence-corrected chi connectivity index (χ0v) is 47.8. The molecule has 0 bridgehead atoms. The van der Waals surface area contributed by atoms with Gasteiger partial charge in [0.25, 0.3) is 17.4 Å². The van der Waals surface area contributed by atoms with Gasteiger partial charge in [0.05, 0.1) is 5.69 Å². The van der Waals surface area contributed by atoms with Crippen LogP contribution in [0.2, 0.25) is 0 Å². The summed E-state index contributed by atoms with van der Waals surface area (Å²) in [6, 6.07) is 41.3. The number of hydrogen-bond acceptors (Lipinski definition) is 9. The summed E-state index contributed by atoms with van der Waals surface area (Å²) in [6.45, 7) is 3.72. The number of imidazole rings is 2. The van der Waals surface area contributed by atoms with E-state index in [1.165, 1.54) is 90.6 Å². The van der Waals surface area contributed by atoms with E-state index >= 15 is 0 Å².